The molecular weight excluding hydrogens is 316 g/mol. The molecule has 1 aromatic carbocycles. The molecule has 25 heavy (non-hydrogen) atoms. The minimum atomic E-state index is -1.20. The van der Waals surface area contributed by atoms with E-state index in [1.54, 1.807) is 0 Å². The molecule has 0 radical (unpaired) electrons. The largest absolute Gasteiger partial charge is 0.385 e. The van der Waals surface area contributed by atoms with Gasteiger partial charge in [-0.05, 0) is 31.2 Å². The zero-order chi connectivity index (χ0) is 18.1. The standard InChI is InChI=1S/C21H28O4/c22-17(20-18(23)14-15-19(24)21(20)25)13-9-4-2-1-3-6-10-16-11-7-5-8-12-16/h5,7-8,11-12,19-20,24H,1-4,6,9-10,13-15H2/t19-,20-/m1/s1. The SMILES string of the molecule is O=C(CCCCCCCCc1ccccc1)[C@@H]1C(=O)CC[C@@H](O)C1=O. The molecule has 136 valence electrons. The average Bonchev–Trinajstić information content (AvgIpc) is 2.61. The van der Waals surface area contributed by atoms with Crippen LogP contribution in [0.15, 0.2) is 30.3 Å². The predicted molar refractivity (Wildman–Crippen MR) is 96.2 cm³/mol. The molecule has 0 aliphatic heterocycles. The Bertz CT molecular complexity index is 579. The summed E-state index contributed by atoms with van der Waals surface area (Å²) in [7, 11) is 0. The van der Waals surface area contributed by atoms with Crippen LogP contribution in [0.5, 0.6) is 0 Å². The van der Waals surface area contributed by atoms with Gasteiger partial charge < -0.3 is 5.11 Å². The van der Waals surface area contributed by atoms with Crippen molar-refractivity contribution < 1.29 is 19.5 Å². The van der Waals surface area contributed by atoms with Crippen molar-refractivity contribution in [2.75, 3.05) is 0 Å². The van der Waals surface area contributed by atoms with E-state index in [4.69, 9.17) is 0 Å². The Hall–Kier alpha value is -1.81. The lowest BCUT2D eigenvalue weighted by molar-refractivity contribution is -0.147. The molecule has 0 bridgehead atoms. The van der Waals surface area contributed by atoms with Gasteiger partial charge in [-0.15, -0.1) is 0 Å². The van der Waals surface area contributed by atoms with E-state index in [0.29, 0.717) is 6.42 Å². The fraction of sp³-hybridized carbons (Fsp3) is 0.571. The molecule has 1 fully saturated rings. The fourth-order valence-electron chi connectivity index (χ4n) is 3.38. The van der Waals surface area contributed by atoms with Crippen molar-refractivity contribution in [3.8, 4) is 0 Å². The van der Waals surface area contributed by atoms with Crippen LogP contribution in [0.1, 0.15) is 63.4 Å². The van der Waals surface area contributed by atoms with Gasteiger partial charge in [0.1, 0.15) is 12.0 Å². The van der Waals surface area contributed by atoms with Crippen LogP contribution in [0.3, 0.4) is 0 Å². The van der Waals surface area contributed by atoms with Gasteiger partial charge in [-0.25, -0.2) is 0 Å². The number of benzene rings is 1. The number of aryl methyl sites for hydroxylation is 1. The molecule has 1 aliphatic carbocycles. The van der Waals surface area contributed by atoms with Crippen molar-refractivity contribution in [3.63, 3.8) is 0 Å². The molecule has 1 aromatic rings. The first-order valence-electron chi connectivity index (χ1n) is 9.40. The summed E-state index contributed by atoms with van der Waals surface area (Å²) >= 11 is 0. The van der Waals surface area contributed by atoms with E-state index in [2.05, 4.69) is 24.3 Å². The number of hydrogen-bond acceptors (Lipinski definition) is 4. The van der Waals surface area contributed by atoms with Crippen molar-refractivity contribution in [2.24, 2.45) is 5.92 Å². The van der Waals surface area contributed by atoms with Crippen LogP contribution < -0.4 is 0 Å². The number of hydrogen-bond donors (Lipinski definition) is 1. The summed E-state index contributed by atoms with van der Waals surface area (Å²) in [6.45, 7) is 0. The number of aliphatic hydroxyl groups is 1. The van der Waals surface area contributed by atoms with Crippen molar-refractivity contribution in [1.29, 1.82) is 0 Å². The molecule has 0 unspecified atom stereocenters. The maximum Gasteiger partial charge on any atom is 0.179 e. The number of carbonyl (C=O) groups is 3. The molecule has 0 spiro atoms. The number of Topliss-reactive ketones (excluding diaryl/α,β-unsaturated/α-hetero) is 3. The number of carbonyl (C=O) groups excluding carboxylic acids is 3. The maximum atomic E-state index is 12.1. The monoisotopic (exact) mass is 344 g/mol. The molecular formula is C21H28O4. The Labute approximate surface area is 149 Å². The Morgan fingerprint density at radius 3 is 2.32 bits per heavy atom. The second-order valence-corrected chi connectivity index (χ2v) is 6.93. The van der Waals surface area contributed by atoms with Crippen LogP contribution in [0.25, 0.3) is 0 Å². The van der Waals surface area contributed by atoms with E-state index in [1.165, 1.54) is 18.4 Å². The molecule has 0 amide bonds. The first-order chi connectivity index (χ1) is 12.1. The highest BCUT2D eigenvalue weighted by Crippen LogP contribution is 2.21. The molecule has 2 rings (SSSR count). The van der Waals surface area contributed by atoms with Crippen LogP contribution in [0.4, 0.5) is 0 Å². The van der Waals surface area contributed by atoms with Gasteiger partial charge in [0, 0.05) is 12.8 Å². The van der Waals surface area contributed by atoms with Gasteiger partial charge in [0.05, 0.1) is 0 Å². The molecule has 1 saturated carbocycles. The third-order valence-electron chi connectivity index (χ3n) is 4.90. The molecule has 0 saturated heterocycles. The van der Waals surface area contributed by atoms with Crippen LogP contribution >= 0.6 is 0 Å². The number of rotatable bonds is 10. The van der Waals surface area contributed by atoms with E-state index < -0.39 is 17.8 Å². The molecule has 0 aromatic heterocycles. The quantitative estimate of drug-likeness (QED) is 0.521. The van der Waals surface area contributed by atoms with Crippen LogP contribution in [0, 0.1) is 5.92 Å². The van der Waals surface area contributed by atoms with Crippen molar-refractivity contribution in [3.05, 3.63) is 35.9 Å². The van der Waals surface area contributed by atoms with E-state index >= 15 is 0 Å². The molecule has 1 aliphatic rings. The predicted octanol–water partition coefficient (Wildman–Crippen LogP) is 3.44. The molecule has 4 nitrogen and oxygen atoms in total. The van der Waals surface area contributed by atoms with Gasteiger partial charge in [-0.2, -0.15) is 0 Å². The van der Waals surface area contributed by atoms with Crippen LogP contribution in [-0.2, 0) is 20.8 Å². The summed E-state index contributed by atoms with van der Waals surface area (Å²) in [6.07, 6.45) is 6.72. The maximum absolute atomic E-state index is 12.1. The average molecular weight is 344 g/mol. The van der Waals surface area contributed by atoms with Crippen LogP contribution in [-0.4, -0.2) is 28.6 Å². The third kappa shape index (κ3) is 6.20. The summed E-state index contributed by atoms with van der Waals surface area (Å²) in [6, 6.07) is 10.5. The van der Waals surface area contributed by atoms with Gasteiger partial charge in [0.25, 0.3) is 0 Å². The molecule has 4 heteroatoms. The zero-order valence-corrected chi connectivity index (χ0v) is 14.8. The topological polar surface area (TPSA) is 71.4 Å². The van der Waals surface area contributed by atoms with Gasteiger partial charge in [0.2, 0.25) is 0 Å². The highest BCUT2D eigenvalue weighted by Gasteiger charge is 2.40. The van der Waals surface area contributed by atoms with Crippen molar-refractivity contribution in [2.45, 2.75) is 70.3 Å². The Kier molecular flexibility index (Phi) is 7.99. The lowest BCUT2D eigenvalue weighted by atomic mass is 9.81. The first kappa shape index (κ1) is 19.5. The van der Waals surface area contributed by atoms with E-state index in [0.717, 1.165) is 25.7 Å². The molecule has 1 N–H and O–H groups in total. The number of unbranched alkanes of at least 4 members (excludes halogenated alkanes) is 5. The summed E-state index contributed by atoms with van der Waals surface area (Å²) < 4.78 is 0. The van der Waals surface area contributed by atoms with Crippen LogP contribution in [0.2, 0.25) is 0 Å². The molecule has 2 atom stereocenters. The number of aliphatic hydroxyl groups excluding tert-OH is 1. The Morgan fingerprint density at radius 2 is 1.60 bits per heavy atom. The van der Waals surface area contributed by atoms with Gasteiger partial charge in [-0.3, -0.25) is 14.4 Å². The van der Waals surface area contributed by atoms with E-state index in [1.807, 2.05) is 6.07 Å². The lowest BCUT2D eigenvalue weighted by Gasteiger charge is -2.22. The second kappa shape index (κ2) is 10.2. The summed E-state index contributed by atoms with van der Waals surface area (Å²) in [4.78, 5) is 35.7. The lowest BCUT2D eigenvalue weighted by Crippen LogP contribution is -2.43. The minimum absolute atomic E-state index is 0.130. The minimum Gasteiger partial charge on any atom is -0.385 e. The molecule has 0 heterocycles. The van der Waals surface area contributed by atoms with E-state index in [9.17, 15) is 19.5 Å². The summed E-state index contributed by atoms with van der Waals surface area (Å²) in [5, 5.41) is 9.54. The van der Waals surface area contributed by atoms with Gasteiger partial charge in [0.15, 0.2) is 17.3 Å². The smallest absolute Gasteiger partial charge is 0.179 e. The van der Waals surface area contributed by atoms with Crippen molar-refractivity contribution in [1.82, 2.24) is 0 Å². The normalized spacial score (nSPS) is 20.7. The fourth-order valence-corrected chi connectivity index (χ4v) is 3.38. The van der Waals surface area contributed by atoms with E-state index in [-0.39, 0.29) is 30.8 Å². The highest BCUT2D eigenvalue weighted by atomic mass is 16.3. The van der Waals surface area contributed by atoms with Gasteiger partial charge in [-0.1, -0.05) is 56.0 Å². The third-order valence-corrected chi connectivity index (χ3v) is 4.90. The van der Waals surface area contributed by atoms with Crippen molar-refractivity contribution >= 4 is 17.3 Å². The Morgan fingerprint density at radius 1 is 0.960 bits per heavy atom. The van der Waals surface area contributed by atoms with Gasteiger partial charge >= 0.3 is 0 Å². The summed E-state index contributed by atoms with van der Waals surface area (Å²) in [5.74, 6) is -2.42. The second-order valence-electron chi connectivity index (χ2n) is 6.93. The zero-order valence-electron chi connectivity index (χ0n) is 14.8. The number of ketones is 3. The highest BCUT2D eigenvalue weighted by molar-refractivity contribution is 6.21. The first-order valence-corrected chi connectivity index (χ1v) is 9.40. The summed E-state index contributed by atoms with van der Waals surface area (Å²) in [5.41, 5.74) is 1.37. The Balaban J connectivity index is 1.54.